The molecular weight excluding hydrogens is 420 g/mol. The van der Waals surface area contributed by atoms with Gasteiger partial charge in [-0.2, -0.15) is 4.31 Å². The molecule has 31 heavy (non-hydrogen) atoms. The maximum atomic E-state index is 12.9. The second-order valence-corrected chi connectivity index (χ2v) is 9.61. The van der Waals surface area contributed by atoms with E-state index in [0.717, 1.165) is 5.56 Å². The van der Waals surface area contributed by atoms with Gasteiger partial charge in [0.15, 0.2) is 11.5 Å². The van der Waals surface area contributed by atoms with Crippen LogP contribution in [0.3, 0.4) is 0 Å². The van der Waals surface area contributed by atoms with Crippen LogP contribution in [0.4, 0.5) is 0 Å². The molecule has 1 heterocycles. The van der Waals surface area contributed by atoms with Gasteiger partial charge in [-0.15, -0.1) is 0 Å². The molecule has 0 unspecified atom stereocenters. The molecule has 1 N–H and O–H groups in total. The maximum Gasteiger partial charge on any atom is 0.254 e. The van der Waals surface area contributed by atoms with Gasteiger partial charge >= 0.3 is 0 Å². The van der Waals surface area contributed by atoms with Crippen molar-refractivity contribution in [3.05, 3.63) is 47.5 Å². The molecule has 3 rings (SSSR count). The number of benzene rings is 2. The number of hydrogen-bond acceptors (Lipinski definition) is 6. The summed E-state index contributed by atoms with van der Waals surface area (Å²) >= 11 is 0. The Morgan fingerprint density at radius 3 is 2.32 bits per heavy atom. The van der Waals surface area contributed by atoms with Crippen LogP contribution in [0.25, 0.3) is 0 Å². The highest BCUT2D eigenvalue weighted by Crippen LogP contribution is 2.30. The standard InChI is InChI=1S/C22H28N2O6S/c1-15(2)30-19-8-6-17(14-20(19)29-4)22(26)23-9-11-24(12-10-23)31(27,28)21-13-16(3)5-7-18(21)25/h5-8,13-15,25H,9-12H2,1-4H3. The molecule has 0 saturated carbocycles. The topological polar surface area (TPSA) is 96.4 Å². The number of hydrogen-bond donors (Lipinski definition) is 1. The molecule has 9 heteroatoms. The van der Waals surface area contributed by atoms with Gasteiger partial charge in [0, 0.05) is 31.7 Å². The number of phenols is 1. The van der Waals surface area contributed by atoms with Crippen LogP contribution in [0.2, 0.25) is 0 Å². The van der Waals surface area contributed by atoms with E-state index in [1.807, 2.05) is 13.8 Å². The highest BCUT2D eigenvalue weighted by Gasteiger charge is 2.32. The van der Waals surface area contributed by atoms with Gasteiger partial charge in [-0.1, -0.05) is 6.07 Å². The van der Waals surface area contributed by atoms with Crippen molar-refractivity contribution in [3.8, 4) is 17.2 Å². The second kappa shape index (κ2) is 9.15. The van der Waals surface area contributed by atoms with E-state index < -0.39 is 10.0 Å². The first-order valence-electron chi connectivity index (χ1n) is 10.1. The minimum absolute atomic E-state index is 0.0293. The lowest BCUT2D eigenvalue weighted by Gasteiger charge is -2.34. The summed E-state index contributed by atoms with van der Waals surface area (Å²) in [4.78, 5) is 14.4. The molecule has 2 aromatic rings. The Morgan fingerprint density at radius 2 is 1.71 bits per heavy atom. The Morgan fingerprint density at radius 1 is 1.03 bits per heavy atom. The number of methoxy groups -OCH3 is 1. The normalized spacial score (nSPS) is 15.2. The van der Waals surface area contributed by atoms with Crippen LogP contribution in [-0.2, 0) is 10.0 Å². The van der Waals surface area contributed by atoms with Crippen molar-refractivity contribution in [2.45, 2.75) is 31.8 Å². The number of rotatable bonds is 6. The van der Waals surface area contributed by atoms with Crippen molar-refractivity contribution >= 4 is 15.9 Å². The van der Waals surface area contributed by atoms with Crippen LogP contribution < -0.4 is 9.47 Å². The molecule has 1 amide bonds. The number of piperazine rings is 1. The molecule has 1 fully saturated rings. The van der Waals surface area contributed by atoms with Crippen LogP contribution in [-0.4, -0.2) is 68.0 Å². The fourth-order valence-electron chi connectivity index (χ4n) is 3.43. The van der Waals surface area contributed by atoms with Crippen molar-refractivity contribution in [2.75, 3.05) is 33.3 Å². The lowest BCUT2D eigenvalue weighted by Crippen LogP contribution is -2.50. The number of nitrogens with zero attached hydrogens (tertiary/aromatic N) is 2. The van der Waals surface area contributed by atoms with Gasteiger partial charge in [0.2, 0.25) is 10.0 Å². The minimum atomic E-state index is -3.85. The van der Waals surface area contributed by atoms with Gasteiger partial charge in [-0.25, -0.2) is 8.42 Å². The number of ether oxygens (including phenoxy) is 2. The molecule has 1 aliphatic rings. The molecule has 1 aliphatic heterocycles. The largest absolute Gasteiger partial charge is 0.507 e. The molecule has 8 nitrogen and oxygen atoms in total. The number of carbonyl (C=O) groups is 1. The summed E-state index contributed by atoms with van der Waals surface area (Å²) in [5.74, 6) is 0.545. The van der Waals surface area contributed by atoms with Crippen molar-refractivity contribution < 1.29 is 27.8 Å². The van der Waals surface area contributed by atoms with Crippen LogP contribution in [0.5, 0.6) is 17.2 Å². The van der Waals surface area contributed by atoms with Gasteiger partial charge in [0.1, 0.15) is 10.6 Å². The predicted molar refractivity (Wildman–Crippen MR) is 116 cm³/mol. The highest BCUT2D eigenvalue weighted by atomic mass is 32.2. The molecule has 0 spiro atoms. The number of aromatic hydroxyl groups is 1. The quantitative estimate of drug-likeness (QED) is 0.730. The third kappa shape index (κ3) is 4.94. The fourth-order valence-corrected chi connectivity index (χ4v) is 5.02. The van der Waals surface area contributed by atoms with Crippen molar-refractivity contribution in [1.29, 1.82) is 0 Å². The van der Waals surface area contributed by atoms with E-state index in [2.05, 4.69) is 0 Å². The third-order valence-electron chi connectivity index (χ3n) is 5.03. The number of carbonyl (C=O) groups excluding carboxylic acids is 1. The first kappa shape index (κ1) is 22.9. The smallest absolute Gasteiger partial charge is 0.254 e. The molecule has 0 bridgehead atoms. The lowest BCUT2D eigenvalue weighted by atomic mass is 10.1. The average Bonchev–Trinajstić information content (AvgIpc) is 2.74. The van der Waals surface area contributed by atoms with E-state index in [9.17, 15) is 18.3 Å². The highest BCUT2D eigenvalue weighted by molar-refractivity contribution is 7.89. The molecule has 168 valence electrons. The molecule has 0 aliphatic carbocycles. The van der Waals surface area contributed by atoms with Gasteiger partial charge in [-0.05, 0) is 56.7 Å². The monoisotopic (exact) mass is 448 g/mol. The Bertz CT molecular complexity index is 1060. The van der Waals surface area contributed by atoms with Gasteiger partial charge in [0.05, 0.1) is 13.2 Å². The zero-order valence-electron chi connectivity index (χ0n) is 18.2. The number of amides is 1. The maximum absolute atomic E-state index is 12.9. The second-order valence-electron chi connectivity index (χ2n) is 7.70. The molecule has 0 radical (unpaired) electrons. The molecule has 1 saturated heterocycles. The van der Waals surface area contributed by atoms with E-state index in [0.29, 0.717) is 17.1 Å². The zero-order valence-corrected chi connectivity index (χ0v) is 19.0. The first-order chi connectivity index (χ1) is 14.6. The number of sulfonamides is 1. The SMILES string of the molecule is COc1cc(C(=O)N2CCN(S(=O)(=O)c3cc(C)ccc3O)CC2)ccc1OC(C)C. The summed E-state index contributed by atoms with van der Waals surface area (Å²) < 4.78 is 38.2. The fraction of sp³-hybridized carbons (Fsp3) is 0.409. The Hall–Kier alpha value is -2.78. The van der Waals surface area contributed by atoms with Gasteiger partial charge in [-0.3, -0.25) is 4.79 Å². The van der Waals surface area contributed by atoms with Crippen LogP contribution in [0.15, 0.2) is 41.3 Å². The zero-order chi connectivity index (χ0) is 22.8. The van der Waals surface area contributed by atoms with E-state index in [4.69, 9.17) is 9.47 Å². The van der Waals surface area contributed by atoms with E-state index in [1.165, 1.54) is 23.5 Å². The molecule has 2 aromatic carbocycles. The van der Waals surface area contributed by atoms with Crippen LogP contribution >= 0.6 is 0 Å². The summed E-state index contributed by atoms with van der Waals surface area (Å²) in [6.07, 6.45) is -0.0293. The molecular formula is C22H28N2O6S. The van der Waals surface area contributed by atoms with E-state index in [1.54, 1.807) is 36.1 Å². The Labute approximate surface area is 183 Å². The van der Waals surface area contributed by atoms with Crippen molar-refractivity contribution in [1.82, 2.24) is 9.21 Å². The summed E-state index contributed by atoms with van der Waals surface area (Å²) in [6, 6.07) is 9.49. The summed E-state index contributed by atoms with van der Waals surface area (Å²) in [5, 5.41) is 10.0. The van der Waals surface area contributed by atoms with E-state index >= 15 is 0 Å². The van der Waals surface area contributed by atoms with Crippen molar-refractivity contribution in [2.24, 2.45) is 0 Å². The number of phenolic OH excluding ortho intramolecular Hbond substituents is 1. The Balaban J connectivity index is 1.72. The number of aryl methyl sites for hydroxylation is 1. The van der Waals surface area contributed by atoms with Gasteiger partial charge < -0.3 is 19.5 Å². The molecule has 0 aromatic heterocycles. The lowest BCUT2D eigenvalue weighted by molar-refractivity contribution is 0.0697. The summed E-state index contributed by atoms with van der Waals surface area (Å²) in [6.45, 7) is 6.36. The average molecular weight is 449 g/mol. The summed E-state index contributed by atoms with van der Waals surface area (Å²) in [5.41, 5.74) is 1.18. The minimum Gasteiger partial charge on any atom is -0.507 e. The van der Waals surface area contributed by atoms with E-state index in [-0.39, 0.29) is 48.8 Å². The third-order valence-corrected chi connectivity index (χ3v) is 6.96. The molecule has 0 atom stereocenters. The van der Waals surface area contributed by atoms with Crippen LogP contribution in [0.1, 0.15) is 29.8 Å². The summed E-state index contributed by atoms with van der Waals surface area (Å²) in [7, 11) is -2.33. The predicted octanol–water partition coefficient (Wildman–Crippen LogP) is 2.64. The van der Waals surface area contributed by atoms with Crippen molar-refractivity contribution in [3.63, 3.8) is 0 Å². The van der Waals surface area contributed by atoms with Gasteiger partial charge in [0.25, 0.3) is 5.91 Å². The van der Waals surface area contributed by atoms with Crippen LogP contribution in [0, 0.1) is 6.92 Å². The first-order valence-corrected chi connectivity index (χ1v) is 11.5. The Kier molecular flexibility index (Phi) is 6.76.